The van der Waals surface area contributed by atoms with Crippen LogP contribution in [-0.4, -0.2) is 30.7 Å². The predicted molar refractivity (Wildman–Crippen MR) is 79.3 cm³/mol. The van der Waals surface area contributed by atoms with E-state index in [2.05, 4.69) is 0 Å². The zero-order valence-electron chi connectivity index (χ0n) is 11.1. The van der Waals surface area contributed by atoms with Gasteiger partial charge in [-0.15, -0.1) is 0 Å². The lowest BCUT2D eigenvalue weighted by Crippen LogP contribution is -2.33. The minimum absolute atomic E-state index is 0.0616. The van der Waals surface area contributed by atoms with Crippen molar-refractivity contribution in [2.45, 2.75) is 19.4 Å². The fourth-order valence-electron chi connectivity index (χ4n) is 2.26. The van der Waals surface area contributed by atoms with Crippen LogP contribution in [0.1, 0.15) is 18.9 Å². The van der Waals surface area contributed by atoms with Gasteiger partial charge in [-0.1, -0.05) is 24.4 Å². The molecule has 19 heavy (non-hydrogen) atoms. The van der Waals surface area contributed by atoms with Crippen LogP contribution in [0, 0.1) is 5.92 Å². The highest BCUT2D eigenvalue weighted by Crippen LogP contribution is 2.24. The highest BCUT2D eigenvalue weighted by atomic mass is 32.1. The number of rotatable bonds is 3. The molecule has 2 rings (SSSR count). The molecule has 0 spiro atoms. The summed E-state index contributed by atoms with van der Waals surface area (Å²) in [6, 6.07) is 7.39. The first-order valence-electron chi connectivity index (χ1n) is 6.28. The standard InChI is InChI=1S/C14H18N2O2S/c1-9-6-11(8-18-9)14(17)16(2)12-5-3-4-10(7-12)13(15)19/h3-5,7,9,11H,6,8H2,1-2H3,(H2,15,19). The molecule has 1 aliphatic heterocycles. The molecule has 102 valence electrons. The van der Waals surface area contributed by atoms with E-state index in [-0.39, 0.29) is 17.9 Å². The molecule has 0 radical (unpaired) electrons. The quantitative estimate of drug-likeness (QED) is 0.855. The van der Waals surface area contributed by atoms with E-state index in [0.29, 0.717) is 11.6 Å². The molecule has 1 aromatic rings. The van der Waals surface area contributed by atoms with Gasteiger partial charge in [0.1, 0.15) is 4.99 Å². The van der Waals surface area contributed by atoms with Crippen molar-refractivity contribution in [1.29, 1.82) is 0 Å². The van der Waals surface area contributed by atoms with E-state index >= 15 is 0 Å². The lowest BCUT2D eigenvalue weighted by atomic mass is 10.0. The number of carbonyl (C=O) groups excluding carboxylic acids is 1. The molecule has 1 aliphatic rings. The van der Waals surface area contributed by atoms with Gasteiger partial charge in [0, 0.05) is 18.3 Å². The minimum Gasteiger partial charge on any atom is -0.389 e. The van der Waals surface area contributed by atoms with Crippen molar-refractivity contribution in [3.63, 3.8) is 0 Å². The minimum atomic E-state index is -0.0616. The summed E-state index contributed by atoms with van der Waals surface area (Å²) in [4.78, 5) is 14.3. The zero-order valence-corrected chi connectivity index (χ0v) is 11.9. The van der Waals surface area contributed by atoms with Gasteiger partial charge < -0.3 is 15.4 Å². The van der Waals surface area contributed by atoms with E-state index in [1.54, 1.807) is 11.9 Å². The Morgan fingerprint density at radius 2 is 2.26 bits per heavy atom. The molecule has 1 heterocycles. The summed E-state index contributed by atoms with van der Waals surface area (Å²) < 4.78 is 5.45. The van der Waals surface area contributed by atoms with Crippen molar-refractivity contribution in [2.24, 2.45) is 11.7 Å². The lowest BCUT2D eigenvalue weighted by molar-refractivity contribution is -0.122. The SMILES string of the molecule is CC1CC(C(=O)N(C)c2cccc(C(N)=S)c2)CO1. The van der Waals surface area contributed by atoms with E-state index in [0.717, 1.165) is 17.7 Å². The molecule has 0 bridgehead atoms. The van der Waals surface area contributed by atoms with Gasteiger partial charge in [-0.2, -0.15) is 0 Å². The number of thiocarbonyl (C=S) groups is 1. The zero-order chi connectivity index (χ0) is 14.0. The third-order valence-electron chi connectivity index (χ3n) is 3.40. The second kappa shape index (κ2) is 5.67. The van der Waals surface area contributed by atoms with Crippen LogP contribution in [0.5, 0.6) is 0 Å². The van der Waals surface area contributed by atoms with Crippen LogP contribution in [0.25, 0.3) is 0 Å². The molecular weight excluding hydrogens is 260 g/mol. The first-order valence-corrected chi connectivity index (χ1v) is 6.69. The number of benzene rings is 1. The molecule has 1 aromatic carbocycles. The molecular formula is C14H18N2O2S. The second-order valence-corrected chi connectivity index (χ2v) is 5.33. The van der Waals surface area contributed by atoms with E-state index in [4.69, 9.17) is 22.7 Å². The fourth-order valence-corrected chi connectivity index (χ4v) is 2.39. The molecule has 1 fully saturated rings. The van der Waals surface area contributed by atoms with E-state index in [1.807, 2.05) is 31.2 Å². The Bertz CT molecular complexity index is 504. The van der Waals surface area contributed by atoms with Gasteiger partial charge in [0.25, 0.3) is 0 Å². The summed E-state index contributed by atoms with van der Waals surface area (Å²) in [5.41, 5.74) is 7.17. The monoisotopic (exact) mass is 278 g/mol. The molecule has 4 nitrogen and oxygen atoms in total. The normalized spacial score (nSPS) is 22.2. The van der Waals surface area contributed by atoms with Gasteiger partial charge >= 0.3 is 0 Å². The van der Waals surface area contributed by atoms with E-state index in [9.17, 15) is 4.79 Å². The molecule has 2 atom stereocenters. The van der Waals surface area contributed by atoms with Crippen molar-refractivity contribution in [3.8, 4) is 0 Å². The Morgan fingerprint density at radius 3 is 2.84 bits per heavy atom. The summed E-state index contributed by atoms with van der Waals surface area (Å²) in [6.45, 7) is 2.49. The van der Waals surface area contributed by atoms with Crippen molar-refractivity contribution >= 4 is 28.8 Å². The van der Waals surface area contributed by atoms with E-state index in [1.165, 1.54) is 0 Å². The average Bonchev–Trinajstić information content (AvgIpc) is 2.84. The van der Waals surface area contributed by atoms with Crippen LogP contribution in [0.3, 0.4) is 0 Å². The van der Waals surface area contributed by atoms with Gasteiger partial charge in [0.05, 0.1) is 18.6 Å². The summed E-state index contributed by atoms with van der Waals surface area (Å²) in [5.74, 6) is 0.0120. The highest BCUT2D eigenvalue weighted by molar-refractivity contribution is 7.80. The molecule has 0 aliphatic carbocycles. The van der Waals surface area contributed by atoms with Crippen LogP contribution >= 0.6 is 12.2 Å². The number of amides is 1. The van der Waals surface area contributed by atoms with Crippen LogP contribution < -0.4 is 10.6 Å². The highest BCUT2D eigenvalue weighted by Gasteiger charge is 2.30. The van der Waals surface area contributed by atoms with Gasteiger partial charge in [-0.05, 0) is 25.5 Å². The Morgan fingerprint density at radius 1 is 1.53 bits per heavy atom. The van der Waals surface area contributed by atoms with Crippen LogP contribution in [0.15, 0.2) is 24.3 Å². The van der Waals surface area contributed by atoms with E-state index < -0.39 is 0 Å². The Hall–Kier alpha value is -1.46. The number of hydrogen-bond acceptors (Lipinski definition) is 3. The summed E-state index contributed by atoms with van der Waals surface area (Å²) in [5, 5.41) is 0. The Labute approximate surface area is 118 Å². The van der Waals surface area contributed by atoms with Crippen molar-refractivity contribution in [2.75, 3.05) is 18.6 Å². The van der Waals surface area contributed by atoms with Gasteiger partial charge in [0.15, 0.2) is 0 Å². The maximum absolute atomic E-state index is 12.4. The number of nitrogens with zero attached hydrogens (tertiary/aromatic N) is 1. The first-order chi connectivity index (χ1) is 8.99. The topological polar surface area (TPSA) is 55.6 Å². The van der Waals surface area contributed by atoms with Crippen molar-refractivity contribution < 1.29 is 9.53 Å². The predicted octanol–water partition coefficient (Wildman–Crippen LogP) is 1.71. The lowest BCUT2D eigenvalue weighted by Gasteiger charge is -2.21. The number of anilines is 1. The maximum atomic E-state index is 12.4. The van der Waals surface area contributed by atoms with Gasteiger partial charge in [-0.3, -0.25) is 4.79 Å². The maximum Gasteiger partial charge on any atom is 0.232 e. The number of carbonyl (C=O) groups is 1. The average molecular weight is 278 g/mol. The fraction of sp³-hybridized carbons (Fsp3) is 0.429. The number of nitrogens with two attached hydrogens (primary N) is 1. The molecule has 0 aromatic heterocycles. The Kier molecular flexibility index (Phi) is 4.17. The first kappa shape index (κ1) is 14.0. The van der Waals surface area contributed by atoms with Crippen molar-refractivity contribution in [1.82, 2.24) is 0 Å². The molecule has 1 amide bonds. The van der Waals surface area contributed by atoms with Crippen molar-refractivity contribution in [3.05, 3.63) is 29.8 Å². The smallest absolute Gasteiger partial charge is 0.232 e. The third-order valence-corrected chi connectivity index (χ3v) is 3.63. The van der Waals surface area contributed by atoms with Gasteiger partial charge in [-0.25, -0.2) is 0 Å². The summed E-state index contributed by atoms with van der Waals surface area (Å²) in [7, 11) is 1.77. The summed E-state index contributed by atoms with van der Waals surface area (Å²) in [6.07, 6.45) is 0.934. The molecule has 5 heteroatoms. The van der Waals surface area contributed by atoms with Gasteiger partial charge in [0.2, 0.25) is 5.91 Å². The third kappa shape index (κ3) is 3.11. The molecule has 2 N–H and O–H groups in total. The van der Waals surface area contributed by atoms with Crippen LogP contribution in [-0.2, 0) is 9.53 Å². The largest absolute Gasteiger partial charge is 0.389 e. The summed E-state index contributed by atoms with van der Waals surface area (Å²) >= 11 is 4.95. The molecule has 2 unspecified atom stereocenters. The number of hydrogen-bond donors (Lipinski definition) is 1. The Balaban J connectivity index is 2.14. The second-order valence-electron chi connectivity index (χ2n) is 4.89. The molecule has 1 saturated heterocycles. The van der Waals surface area contributed by atoms with Crippen LogP contribution in [0.2, 0.25) is 0 Å². The number of ether oxygens (including phenoxy) is 1. The van der Waals surface area contributed by atoms with Crippen LogP contribution in [0.4, 0.5) is 5.69 Å². The molecule has 0 saturated carbocycles.